The van der Waals surface area contributed by atoms with Crippen molar-refractivity contribution >= 4 is 46.7 Å². The lowest BCUT2D eigenvalue weighted by Gasteiger charge is -2.04. The lowest BCUT2D eigenvalue weighted by atomic mass is 10.1. The maximum Gasteiger partial charge on any atom is 0.143 e. The van der Waals surface area contributed by atoms with Crippen molar-refractivity contribution in [2.24, 2.45) is 5.16 Å². The van der Waals surface area contributed by atoms with Crippen LogP contribution in [0.4, 0.5) is 0 Å². The molecule has 0 fully saturated rings. The molecular weight excluding hydrogens is 429 g/mol. The second-order valence-electron chi connectivity index (χ2n) is 6.53. The van der Waals surface area contributed by atoms with Crippen molar-refractivity contribution in [1.29, 1.82) is 0 Å². The van der Waals surface area contributed by atoms with Gasteiger partial charge in [-0.2, -0.15) is 0 Å². The van der Waals surface area contributed by atoms with Gasteiger partial charge in [-0.15, -0.1) is 0 Å². The van der Waals surface area contributed by atoms with Crippen LogP contribution in [-0.4, -0.2) is 15.6 Å². The average Bonchev–Trinajstić information content (AvgIpc) is 3.04. The maximum absolute atomic E-state index is 6.18. The quantitative estimate of drug-likeness (QED) is 0.250. The third kappa shape index (κ3) is 4.40. The third-order valence-corrected chi connectivity index (χ3v) is 5.26. The molecular formula is C22H16Cl3N3O. The Labute approximate surface area is 183 Å². The standard InChI is InChI=1S/C22H16Cl3N3O/c1-14-8-9-28-20(12-26-29-13-16-4-7-18(24)11-19(16)25)22(27-21(28)10-14)15-2-5-17(23)6-3-15/h2-12H,13H2,1H3/b26-12+. The zero-order valence-corrected chi connectivity index (χ0v) is 17.7. The molecule has 2 aromatic carbocycles. The van der Waals surface area contributed by atoms with Crippen molar-refractivity contribution in [3.05, 3.63) is 92.7 Å². The minimum absolute atomic E-state index is 0.235. The fourth-order valence-electron chi connectivity index (χ4n) is 2.94. The van der Waals surface area contributed by atoms with E-state index in [9.17, 15) is 0 Å². The van der Waals surface area contributed by atoms with E-state index in [0.29, 0.717) is 15.1 Å². The van der Waals surface area contributed by atoms with Gasteiger partial charge in [-0.1, -0.05) is 58.2 Å². The summed E-state index contributed by atoms with van der Waals surface area (Å²) in [5, 5.41) is 5.94. The van der Waals surface area contributed by atoms with Crippen molar-refractivity contribution in [3.63, 3.8) is 0 Å². The van der Waals surface area contributed by atoms with Crippen molar-refractivity contribution in [1.82, 2.24) is 9.38 Å². The monoisotopic (exact) mass is 443 g/mol. The number of halogens is 3. The largest absolute Gasteiger partial charge is 0.391 e. The Morgan fingerprint density at radius 1 is 1.00 bits per heavy atom. The fourth-order valence-corrected chi connectivity index (χ4v) is 3.53. The number of rotatable bonds is 5. The smallest absolute Gasteiger partial charge is 0.143 e. The third-order valence-electron chi connectivity index (χ3n) is 4.42. The molecule has 0 N–H and O–H groups in total. The highest BCUT2D eigenvalue weighted by molar-refractivity contribution is 6.35. The van der Waals surface area contributed by atoms with Gasteiger partial charge in [0.25, 0.3) is 0 Å². The van der Waals surface area contributed by atoms with Crippen LogP contribution in [0.2, 0.25) is 15.1 Å². The van der Waals surface area contributed by atoms with Crippen LogP contribution in [0.3, 0.4) is 0 Å². The molecule has 0 spiro atoms. The lowest BCUT2D eigenvalue weighted by Crippen LogP contribution is -1.95. The Kier molecular flexibility index (Phi) is 5.76. The number of pyridine rings is 1. The topological polar surface area (TPSA) is 38.9 Å². The van der Waals surface area contributed by atoms with Crippen molar-refractivity contribution in [2.45, 2.75) is 13.5 Å². The number of fused-ring (bicyclic) bond motifs is 1. The summed E-state index contributed by atoms with van der Waals surface area (Å²) >= 11 is 18.1. The molecule has 0 saturated carbocycles. The molecule has 0 aliphatic rings. The van der Waals surface area contributed by atoms with Crippen LogP contribution in [0.25, 0.3) is 16.9 Å². The van der Waals surface area contributed by atoms with Crippen LogP contribution in [0.5, 0.6) is 0 Å². The van der Waals surface area contributed by atoms with Gasteiger partial charge in [0.1, 0.15) is 12.3 Å². The van der Waals surface area contributed by atoms with Gasteiger partial charge in [0.15, 0.2) is 0 Å². The number of hydrogen-bond acceptors (Lipinski definition) is 3. The van der Waals surface area contributed by atoms with Crippen LogP contribution in [0.15, 0.2) is 65.9 Å². The molecule has 0 unspecified atom stereocenters. The Bertz CT molecular complexity index is 1200. The van der Waals surface area contributed by atoms with E-state index >= 15 is 0 Å². The summed E-state index contributed by atoms with van der Waals surface area (Å²) < 4.78 is 1.97. The first kappa shape index (κ1) is 19.8. The van der Waals surface area contributed by atoms with Crippen LogP contribution in [0, 0.1) is 6.92 Å². The predicted molar refractivity (Wildman–Crippen MR) is 119 cm³/mol. The van der Waals surface area contributed by atoms with Gasteiger partial charge in [0, 0.05) is 32.4 Å². The summed E-state index contributed by atoms with van der Waals surface area (Å²) in [6.07, 6.45) is 3.62. The van der Waals surface area contributed by atoms with Gasteiger partial charge in [0.05, 0.1) is 17.6 Å². The van der Waals surface area contributed by atoms with Gasteiger partial charge in [-0.25, -0.2) is 4.98 Å². The first-order valence-corrected chi connectivity index (χ1v) is 9.98. The van der Waals surface area contributed by atoms with E-state index in [1.165, 1.54) is 0 Å². The van der Waals surface area contributed by atoms with E-state index in [1.54, 1.807) is 18.3 Å². The Balaban J connectivity index is 1.65. The van der Waals surface area contributed by atoms with E-state index in [2.05, 4.69) is 5.16 Å². The van der Waals surface area contributed by atoms with Gasteiger partial charge >= 0.3 is 0 Å². The zero-order valence-electron chi connectivity index (χ0n) is 15.4. The van der Waals surface area contributed by atoms with Gasteiger partial charge in [0.2, 0.25) is 0 Å². The van der Waals surface area contributed by atoms with Gasteiger partial charge < -0.3 is 4.84 Å². The highest BCUT2D eigenvalue weighted by Gasteiger charge is 2.13. The van der Waals surface area contributed by atoms with Crippen LogP contribution < -0.4 is 0 Å². The Hall–Kier alpha value is -2.53. The van der Waals surface area contributed by atoms with Crippen LogP contribution in [-0.2, 0) is 11.4 Å². The molecule has 4 aromatic rings. The first-order valence-electron chi connectivity index (χ1n) is 8.85. The molecule has 29 heavy (non-hydrogen) atoms. The first-order chi connectivity index (χ1) is 14.0. The number of oxime groups is 1. The molecule has 0 bridgehead atoms. The summed E-state index contributed by atoms with van der Waals surface area (Å²) in [6, 6.07) is 16.8. The minimum atomic E-state index is 0.235. The van der Waals surface area contributed by atoms with Gasteiger partial charge in [-0.3, -0.25) is 4.40 Å². The SMILES string of the molecule is Cc1ccn2c(/C=N/OCc3ccc(Cl)cc3Cl)c(-c3ccc(Cl)cc3)nc2c1. The second kappa shape index (κ2) is 8.46. The molecule has 146 valence electrons. The zero-order chi connectivity index (χ0) is 20.4. The molecule has 0 amide bonds. The maximum atomic E-state index is 6.18. The number of imidazole rings is 1. The molecule has 4 rings (SSSR count). The number of aryl methyl sites for hydroxylation is 1. The molecule has 4 nitrogen and oxygen atoms in total. The molecule has 0 atom stereocenters. The molecule has 0 saturated heterocycles. The van der Waals surface area contributed by atoms with E-state index < -0.39 is 0 Å². The van der Waals surface area contributed by atoms with E-state index in [-0.39, 0.29) is 6.61 Å². The summed E-state index contributed by atoms with van der Waals surface area (Å²) in [5.74, 6) is 0. The average molecular weight is 445 g/mol. The van der Waals surface area contributed by atoms with Gasteiger partial charge in [-0.05, 0) is 48.9 Å². The number of hydrogen-bond donors (Lipinski definition) is 0. The highest BCUT2D eigenvalue weighted by atomic mass is 35.5. The fraction of sp³-hybridized carbons (Fsp3) is 0.0909. The van der Waals surface area contributed by atoms with Crippen LogP contribution in [0.1, 0.15) is 16.8 Å². The summed E-state index contributed by atoms with van der Waals surface area (Å²) in [4.78, 5) is 10.2. The Morgan fingerprint density at radius 3 is 2.52 bits per heavy atom. The molecule has 0 aliphatic carbocycles. The molecule has 7 heteroatoms. The molecule has 2 aromatic heterocycles. The second-order valence-corrected chi connectivity index (χ2v) is 7.81. The van der Waals surface area contributed by atoms with E-state index in [4.69, 9.17) is 44.6 Å². The molecule has 0 radical (unpaired) electrons. The van der Waals surface area contributed by atoms with Crippen molar-refractivity contribution < 1.29 is 4.84 Å². The minimum Gasteiger partial charge on any atom is -0.391 e. The summed E-state index contributed by atoms with van der Waals surface area (Å²) in [7, 11) is 0. The summed E-state index contributed by atoms with van der Waals surface area (Å²) in [5.41, 5.74) is 5.31. The van der Waals surface area contributed by atoms with Crippen molar-refractivity contribution in [3.8, 4) is 11.3 Å². The molecule has 0 aliphatic heterocycles. The molecule has 2 heterocycles. The normalized spacial score (nSPS) is 11.4. The van der Waals surface area contributed by atoms with Crippen molar-refractivity contribution in [2.75, 3.05) is 0 Å². The van der Waals surface area contributed by atoms with E-state index in [1.807, 2.05) is 60.0 Å². The van der Waals surface area contributed by atoms with Crippen LogP contribution >= 0.6 is 34.8 Å². The summed E-state index contributed by atoms with van der Waals surface area (Å²) in [6.45, 7) is 2.27. The lowest BCUT2D eigenvalue weighted by molar-refractivity contribution is 0.132. The predicted octanol–water partition coefficient (Wildman–Crippen LogP) is 6.82. The number of aromatic nitrogens is 2. The number of nitrogens with zero attached hydrogens (tertiary/aromatic N) is 3. The Morgan fingerprint density at radius 2 is 1.76 bits per heavy atom. The number of benzene rings is 2. The highest BCUT2D eigenvalue weighted by Crippen LogP contribution is 2.26. The van der Waals surface area contributed by atoms with E-state index in [0.717, 1.165) is 33.7 Å².